The molecule has 0 fully saturated rings. The van der Waals surface area contributed by atoms with Crippen LogP contribution >= 0.6 is 15.9 Å². The minimum absolute atomic E-state index is 0.0237. The van der Waals surface area contributed by atoms with Crippen molar-refractivity contribution in [3.8, 4) is 11.5 Å². The number of halogens is 1. The summed E-state index contributed by atoms with van der Waals surface area (Å²) in [5, 5.41) is 0. The van der Waals surface area contributed by atoms with Crippen LogP contribution in [0.3, 0.4) is 0 Å². The number of aromatic nitrogens is 2. The number of hydrogen-bond donors (Lipinski definition) is 0. The molecule has 6 heteroatoms. The molecular formula is C22H28BrN3O2. The van der Waals surface area contributed by atoms with Crippen molar-refractivity contribution >= 4 is 33.3 Å². The predicted octanol–water partition coefficient (Wildman–Crippen LogP) is 6.23. The third kappa shape index (κ3) is 3.88. The lowest BCUT2D eigenvalue weighted by atomic mass is 9.80. The Morgan fingerprint density at radius 1 is 1.21 bits per heavy atom. The van der Waals surface area contributed by atoms with Crippen LogP contribution in [0.1, 0.15) is 53.5 Å². The van der Waals surface area contributed by atoms with Gasteiger partial charge >= 0.3 is 0 Å². The van der Waals surface area contributed by atoms with Gasteiger partial charge in [-0.1, -0.05) is 26.8 Å². The van der Waals surface area contributed by atoms with Crippen molar-refractivity contribution in [2.24, 2.45) is 5.41 Å². The molecule has 0 radical (unpaired) electrons. The van der Waals surface area contributed by atoms with E-state index < -0.39 is 5.54 Å². The van der Waals surface area contributed by atoms with Crippen molar-refractivity contribution in [2.45, 2.75) is 60.4 Å². The average molecular weight is 446 g/mol. The normalized spacial score (nSPS) is 12.6. The molecule has 0 atom stereocenters. The van der Waals surface area contributed by atoms with Gasteiger partial charge in [0.2, 0.25) is 5.91 Å². The van der Waals surface area contributed by atoms with E-state index in [1.807, 2.05) is 46.7 Å². The maximum absolute atomic E-state index is 12.9. The summed E-state index contributed by atoms with van der Waals surface area (Å²) in [6.07, 6.45) is 2.79. The Labute approximate surface area is 174 Å². The lowest BCUT2D eigenvalue weighted by molar-refractivity contribution is -0.117. The average Bonchev–Trinajstić information content (AvgIpc) is 3.10. The number of anilines is 1. The van der Waals surface area contributed by atoms with Crippen LogP contribution in [0.4, 0.5) is 5.82 Å². The first-order chi connectivity index (χ1) is 12.9. The molecule has 0 unspecified atom stereocenters. The first-order valence-electron chi connectivity index (χ1n) is 9.45. The number of imidazole rings is 1. The van der Waals surface area contributed by atoms with Gasteiger partial charge in [-0.15, -0.1) is 0 Å². The summed E-state index contributed by atoms with van der Waals surface area (Å²) >= 11 is 3.38. The highest BCUT2D eigenvalue weighted by atomic mass is 79.9. The lowest BCUT2D eigenvalue weighted by Gasteiger charge is -2.41. The number of nitrogens with zero attached hydrogens (tertiary/aromatic N) is 3. The Kier molecular flexibility index (Phi) is 5.21. The molecule has 0 aromatic carbocycles. The van der Waals surface area contributed by atoms with Crippen LogP contribution in [0, 0.1) is 12.3 Å². The van der Waals surface area contributed by atoms with Crippen LogP contribution in [0.2, 0.25) is 0 Å². The fourth-order valence-electron chi connectivity index (χ4n) is 4.25. The zero-order chi connectivity index (χ0) is 20.9. The molecule has 0 N–H and O–H groups in total. The molecule has 3 aromatic rings. The van der Waals surface area contributed by atoms with E-state index in [0.29, 0.717) is 16.1 Å². The van der Waals surface area contributed by atoms with Gasteiger partial charge in [-0.3, -0.25) is 14.1 Å². The number of amides is 1. The molecule has 0 saturated heterocycles. The van der Waals surface area contributed by atoms with Crippen LogP contribution in [0.5, 0.6) is 0 Å². The molecule has 3 rings (SSSR count). The standard InChI is InChI=1S/C22H28BrN3O2/c1-14-9-8-12-25-19(14)24-18(16-10-11-17(23)28-16)20(25)26(15(2)27)22(6,7)13-21(3,4)5/h8-12H,13H2,1-7H3. The number of furan rings is 1. The second kappa shape index (κ2) is 7.07. The molecule has 0 aliphatic carbocycles. The maximum atomic E-state index is 12.9. The van der Waals surface area contributed by atoms with E-state index in [0.717, 1.165) is 23.4 Å². The highest BCUT2D eigenvalue weighted by molar-refractivity contribution is 9.10. The molecule has 3 aromatic heterocycles. The van der Waals surface area contributed by atoms with E-state index in [1.165, 1.54) is 0 Å². The minimum atomic E-state index is -0.414. The first-order valence-corrected chi connectivity index (χ1v) is 10.2. The van der Waals surface area contributed by atoms with Gasteiger partial charge in [-0.2, -0.15) is 0 Å². The molecule has 0 saturated carbocycles. The topological polar surface area (TPSA) is 50.8 Å². The van der Waals surface area contributed by atoms with Crippen LogP contribution < -0.4 is 4.90 Å². The molecule has 0 bridgehead atoms. The van der Waals surface area contributed by atoms with E-state index in [1.54, 1.807) is 6.92 Å². The highest BCUT2D eigenvalue weighted by Gasteiger charge is 2.38. The van der Waals surface area contributed by atoms with Crippen LogP contribution in [-0.2, 0) is 4.79 Å². The van der Waals surface area contributed by atoms with Gasteiger partial charge in [0.15, 0.2) is 16.2 Å². The van der Waals surface area contributed by atoms with Gasteiger partial charge in [-0.25, -0.2) is 4.98 Å². The molecule has 3 heterocycles. The zero-order valence-electron chi connectivity index (χ0n) is 17.6. The highest BCUT2D eigenvalue weighted by Crippen LogP contribution is 2.40. The smallest absolute Gasteiger partial charge is 0.225 e. The predicted molar refractivity (Wildman–Crippen MR) is 117 cm³/mol. The first kappa shape index (κ1) is 20.6. The van der Waals surface area contributed by atoms with Crippen molar-refractivity contribution in [2.75, 3.05) is 4.90 Å². The Bertz CT molecular complexity index is 1020. The van der Waals surface area contributed by atoms with Crippen LogP contribution in [-0.4, -0.2) is 20.8 Å². The second-order valence-corrected chi connectivity index (χ2v) is 9.96. The molecule has 150 valence electrons. The van der Waals surface area contributed by atoms with Gasteiger partial charge < -0.3 is 4.42 Å². The summed E-state index contributed by atoms with van der Waals surface area (Å²) in [7, 11) is 0. The van der Waals surface area contributed by atoms with E-state index in [-0.39, 0.29) is 11.3 Å². The lowest BCUT2D eigenvalue weighted by Crippen LogP contribution is -2.50. The quantitative estimate of drug-likeness (QED) is 0.477. The molecule has 5 nitrogen and oxygen atoms in total. The van der Waals surface area contributed by atoms with Gasteiger partial charge in [0.25, 0.3) is 0 Å². The van der Waals surface area contributed by atoms with Gasteiger partial charge in [-0.05, 0) is 72.3 Å². The maximum Gasteiger partial charge on any atom is 0.225 e. The molecule has 1 amide bonds. The van der Waals surface area contributed by atoms with Crippen LogP contribution in [0.25, 0.3) is 17.1 Å². The third-order valence-electron chi connectivity index (χ3n) is 4.72. The number of hydrogen-bond acceptors (Lipinski definition) is 3. The summed E-state index contributed by atoms with van der Waals surface area (Å²) in [6.45, 7) is 14.4. The SMILES string of the molecule is CC(=O)N(c1c(-c2ccc(Br)o2)nc2c(C)cccn12)C(C)(C)CC(C)(C)C. The van der Waals surface area contributed by atoms with Crippen LogP contribution in [0.15, 0.2) is 39.5 Å². The van der Waals surface area contributed by atoms with E-state index in [2.05, 4.69) is 50.5 Å². The van der Waals surface area contributed by atoms with Gasteiger partial charge in [0.05, 0.1) is 0 Å². The Balaban J connectivity index is 2.32. The van der Waals surface area contributed by atoms with Crippen molar-refractivity contribution in [1.29, 1.82) is 0 Å². The Morgan fingerprint density at radius 3 is 2.43 bits per heavy atom. The Morgan fingerprint density at radius 2 is 1.89 bits per heavy atom. The van der Waals surface area contributed by atoms with Gasteiger partial charge in [0.1, 0.15) is 11.3 Å². The number of carbonyl (C=O) groups is 1. The molecule has 0 spiro atoms. The fraction of sp³-hybridized carbons (Fsp3) is 0.455. The molecule has 28 heavy (non-hydrogen) atoms. The Hall–Kier alpha value is -2.08. The summed E-state index contributed by atoms with van der Waals surface area (Å²) < 4.78 is 8.45. The molecule has 0 aliphatic rings. The fourth-order valence-corrected chi connectivity index (χ4v) is 4.56. The van der Waals surface area contributed by atoms with Crippen molar-refractivity contribution in [3.63, 3.8) is 0 Å². The number of rotatable bonds is 4. The van der Waals surface area contributed by atoms with E-state index in [9.17, 15) is 4.79 Å². The third-order valence-corrected chi connectivity index (χ3v) is 5.15. The number of fused-ring (bicyclic) bond motifs is 1. The monoisotopic (exact) mass is 445 g/mol. The van der Waals surface area contributed by atoms with Crippen molar-refractivity contribution in [3.05, 3.63) is 40.7 Å². The number of pyridine rings is 1. The summed E-state index contributed by atoms with van der Waals surface area (Å²) in [5.41, 5.74) is 2.16. The number of carbonyl (C=O) groups excluding carboxylic acids is 1. The van der Waals surface area contributed by atoms with Crippen molar-refractivity contribution < 1.29 is 9.21 Å². The second-order valence-electron chi connectivity index (χ2n) is 9.18. The van der Waals surface area contributed by atoms with E-state index >= 15 is 0 Å². The number of aryl methyl sites for hydroxylation is 1. The summed E-state index contributed by atoms with van der Waals surface area (Å²) in [6, 6.07) is 7.71. The molecular weight excluding hydrogens is 418 g/mol. The minimum Gasteiger partial charge on any atom is -0.448 e. The zero-order valence-corrected chi connectivity index (χ0v) is 19.2. The summed E-state index contributed by atoms with van der Waals surface area (Å²) in [4.78, 5) is 19.7. The molecule has 0 aliphatic heterocycles. The summed E-state index contributed by atoms with van der Waals surface area (Å²) in [5.74, 6) is 1.34. The van der Waals surface area contributed by atoms with E-state index in [4.69, 9.17) is 9.40 Å². The van der Waals surface area contributed by atoms with Gasteiger partial charge in [0, 0.05) is 18.7 Å². The van der Waals surface area contributed by atoms with Crippen molar-refractivity contribution in [1.82, 2.24) is 9.38 Å². The largest absolute Gasteiger partial charge is 0.448 e.